The SMILES string of the molecule is O=C(C1CCCc2sccc21)N1CCC(c2nnc3n2CCNC3)CC1. The molecule has 1 atom stereocenters. The molecule has 2 aliphatic heterocycles. The molecule has 0 saturated carbocycles. The zero-order chi connectivity index (χ0) is 17.5. The lowest BCUT2D eigenvalue weighted by atomic mass is 9.85. The molecule has 138 valence electrons. The summed E-state index contributed by atoms with van der Waals surface area (Å²) < 4.78 is 2.29. The Morgan fingerprint density at radius 3 is 2.96 bits per heavy atom. The highest BCUT2D eigenvalue weighted by atomic mass is 32.1. The van der Waals surface area contributed by atoms with Crippen LogP contribution in [-0.4, -0.2) is 45.2 Å². The molecule has 0 aromatic carbocycles. The summed E-state index contributed by atoms with van der Waals surface area (Å²) in [4.78, 5) is 16.7. The second-order valence-electron chi connectivity index (χ2n) is 7.65. The van der Waals surface area contributed by atoms with Gasteiger partial charge in [-0.05, 0) is 49.1 Å². The fourth-order valence-electron chi connectivity index (χ4n) is 4.74. The number of fused-ring (bicyclic) bond motifs is 2. The summed E-state index contributed by atoms with van der Waals surface area (Å²) in [6.07, 6.45) is 5.29. The molecule has 1 amide bonds. The summed E-state index contributed by atoms with van der Waals surface area (Å²) in [5.74, 6) is 3.05. The van der Waals surface area contributed by atoms with Crippen LogP contribution in [0.1, 0.15) is 59.6 Å². The van der Waals surface area contributed by atoms with Gasteiger partial charge in [-0.15, -0.1) is 21.5 Å². The van der Waals surface area contributed by atoms with Crippen LogP contribution in [-0.2, 0) is 24.3 Å². The number of carbonyl (C=O) groups excluding carboxylic acids is 1. The molecule has 1 saturated heterocycles. The first-order chi connectivity index (χ1) is 12.8. The van der Waals surface area contributed by atoms with Gasteiger partial charge in [-0.3, -0.25) is 4.79 Å². The highest BCUT2D eigenvalue weighted by Crippen LogP contribution is 2.37. The van der Waals surface area contributed by atoms with Crippen LogP contribution in [0.3, 0.4) is 0 Å². The third-order valence-electron chi connectivity index (χ3n) is 6.17. The van der Waals surface area contributed by atoms with E-state index in [9.17, 15) is 4.79 Å². The van der Waals surface area contributed by atoms with E-state index in [1.807, 2.05) is 11.3 Å². The minimum Gasteiger partial charge on any atom is -0.342 e. The number of thiophene rings is 1. The van der Waals surface area contributed by atoms with E-state index < -0.39 is 0 Å². The number of carbonyl (C=O) groups is 1. The third kappa shape index (κ3) is 2.77. The Balaban J connectivity index is 1.26. The van der Waals surface area contributed by atoms with E-state index in [0.717, 1.165) is 76.5 Å². The van der Waals surface area contributed by atoms with E-state index in [-0.39, 0.29) is 5.92 Å². The van der Waals surface area contributed by atoms with Crippen molar-refractivity contribution in [2.75, 3.05) is 19.6 Å². The molecule has 1 aliphatic carbocycles. The predicted octanol–water partition coefficient (Wildman–Crippen LogP) is 2.27. The first-order valence-corrected chi connectivity index (χ1v) is 10.7. The van der Waals surface area contributed by atoms with Gasteiger partial charge in [0.1, 0.15) is 11.6 Å². The fourth-order valence-corrected chi connectivity index (χ4v) is 5.73. The van der Waals surface area contributed by atoms with Crippen molar-refractivity contribution in [3.8, 4) is 0 Å². The number of hydrogen-bond acceptors (Lipinski definition) is 5. The Bertz CT molecular complexity index is 805. The standard InChI is InChI=1S/C19H25N5OS/c25-19(15-2-1-3-16-14(15)6-11-26-16)23-8-4-13(5-9-23)18-22-21-17-12-20-7-10-24(17)18/h6,11,13,15,20H,1-5,7-10,12H2. The predicted molar refractivity (Wildman–Crippen MR) is 100 cm³/mol. The van der Waals surface area contributed by atoms with Gasteiger partial charge in [0.05, 0.1) is 12.5 Å². The molecular weight excluding hydrogens is 346 g/mol. The number of nitrogens with one attached hydrogen (secondary N) is 1. The summed E-state index contributed by atoms with van der Waals surface area (Å²) in [5, 5.41) is 14.3. The summed E-state index contributed by atoms with van der Waals surface area (Å²) in [6.45, 7) is 4.45. The first-order valence-electron chi connectivity index (χ1n) is 9.79. The van der Waals surface area contributed by atoms with Gasteiger partial charge in [-0.2, -0.15) is 0 Å². The third-order valence-corrected chi connectivity index (χ3v) is 7.17. The molecule has 4 heterocycles. The molecule has 1 fully saturated rings. The Kier molecular flexibility index (Phi) is 4.29. The lowest BCUT2D eigenvalue weighted by Gasteiger charge is -2.35. The van der Waals surface area contributed by atoms with Crippen LogP contribution in [0.2, 0.25) is 0 Å². The minimum atomic E-state index is 0.0912. The van der Waals surface area contributed by atoms with E-state index in [1.165, 1.54) is 10.4 Å². The van der Waals surface area contributed by atoms with Gasteiger partial charge in [0.15, 0.2) is 0 Å². The smallest absolute Gasteiger partial charge is 0.230 e. The van der Waals surface area contributed by atoms with Crippen molar-refractivity contribution >= 4 is 17.2 Å². The van der Waals surface area contributed by atoms with Crippen molar-refractivity contribution < 1.29 is 4.79 Å². The molecule has 1 N–H and O–H groups in total. The van der Waals surface area contributed by atoms with E-state index in [0.29, 0.717) is 11.8 Å². The van der Waals surface area contributed by atoms with Gasteiger partial charge >= 0.3 is 0 Å². The van der Waals surface area contributed by atoms with Crippen LogP contribution in [0.25, 0.3) is 0 Å². The number of aryl methyl sites for hydroxylation is 1. The van der Waals surface area contributed by atoms with Gasteiger partial charge in [0.2, 0.25) is 5.91 Å². The topological polar surface area (TPSA) is 63.1 Å². The second-order valence-corrected chi connectivity index (χ2v) is 8.65. The lowest BCUT2D eigenvalue weighted by molar-refractivity contribution is -0.134. The molecule has 0 bridgehead atoms. The number of piperidine rings is 1. The molecule has 3 aliphatic rings. The van der Waals surface area contributed by atoms with Gasteiger partial charge in [0, 0.05) is 37.0 Å². The Labute approximate surface area is 157 Å². The molecule has 0 radical (unpaired) electrons. The van der Waals surface area contributed by atoms with Gasteiger partial charge in [-0.25, -0.2) is 0 Å². The van der Waals surface area contributed by atoms with Crippen LogP contribution >= 0.6 is 11.3 Å². The van der Waals surface area contributed by atoms with E-state index in [1.54, 1.807) is 0 Å². The number of aromatic nitrogens is 3. The monoisotopic (exact) mass is 371 g/mol. The van der Waals surface area contributed by atoms with Crippen molar-refractivity contribution in [1.29, 1.82) is 0 Å². The molecule has 7 heteroatoms. The van der Waals surface area contributed by atoms with Gasteiger partial charge in [-0.1, -0.05) is 0 Å². The molecule has 2 aromatic heterocycles. The highest BCUT2D eigenvalue weighted by Gasteiger charge is 2.34. The number of amides is 1. The highest BCUT2D eigenvalue weighted by molar-refractivity contribution is 7.10. The largest absolute Gasteiger partial charge is 0.342 e. The molecule has 1 unspecified atom stereocenters. The quantitative estimate of drug-likeness (QED) is 0.880. The fraction of sp³-hybridized carbons (Fsp3) is 0.632. The van der Waals surface area contributed by atoms with Crippen LogP contribution in [0, 0.1) is 0 Å². The van der Waals surface area contributed by atoms with Crippen molar-refractivity contribution in [3.05, 3.63) is 33.5 Å². The summed E-state index contributed by atoms with van der Waals surface area (Å²) >= 11 is 1.81. The Hall–Kier alpha value is -1.73. The van der Waals surface area contributed by atoms with E-state index >= 15 is 0 Å². The maximum absolute atomic E-state index is 13.1. The van der Waals surface area contributed by atoms with Crippen molar-refractivity contribution in [1.82, 2.24) is 25.0 Å². The number of hydrogen-bond donors (Lipinski definition) is 1. The second kappa shape index (κ2) is 6.78. The summed E-state index contributed by atoms with van der Waals surface area (Å²) in [7, 11) is 0. The van der Waals surface area contributed by atoms with Gasteiger partial charge in [0.25, 0.3) is 0 Å². The van der Waals surface area contributed by atoms with Gasteiger partial charge < -0.3 is 14.8 Å². The number of nitrogens with zero attached hydrogens (tertiary/aromatic N) is 4. The normalized spacial score (nSPS) is 23.5. The summed E-state index contributed by atoms with van der Waals surface area (Å²) in [6, 6.07) is 2.17. The maximum atomic E-state index is 13.1. The Morgan fingerprint density at radius 1 is 1.19 bits per heavy atom. The van der Waals surface area contributed by atoms with Crippen molar-refractivity contribution in [2.45, 2.75) is 57.0 Å². The van der Waals surface area contributed by atoms with E-state index in [2.05, 4.69) is 36.4 Å². The van der Waals surface area contributed by atoms with Crippen LogP contribution in [0.4, 0.5) is 0 Å². The zero-order valence-electron chi connectivity index (χ0n) is 15.0. The van der Waals surface area contributed by atoms with Crippen LogP contribution in [0.15, 0.2) is 11.4 Å². The minimum absolute atomic E-state index is 0.0912. The van der Waals surface area contributed by atoms with Crippen molar-refractivity contribution in [3.63, 3.8) is 0 Å². The average Bonchev–Trinajstić information content (AvgIpc) is 3.34. The molecule has 2 aromatic rings. The zero-order valence-corrected chi connectivity index (χ0v) is 15.8. The molecular formula is C19H25N5OS. The Morgan fingerprint density at radius 2 is 2.08 bits per heavy atom. The van der Waals surface area contributed by atoms with Crippen molar-refractivity contribution in [2.24, 2.45) is 0 Å². The first kappa shape index (κ1) is 16.4. The average molecular weight is 372 g/mol. The summed E-state index contributed by atoms with van der Waals surface area (Å²) in [5.41, 5.74) is 1.30. The maximum Gasteiger partial charge on any atom is 0.230 e. The van der Waals surface area contributed by atoms with E-state index in [4.69, 9.17) is 0 Å². The lowest BCUT2D eigenvalue weighted by Crippen LogP contribution is -2.41. The van der Waals surface area contributed by atoms with Crippen LogP contribution < -0.4 is 5.32 Å². The molecule has 6 nitrogen and oxygen atoms in total. The molecule has 5 rings (SSSR count). The molecule has 0 spiro atoms. The number of likely N-dealkylation sites (tertiary alicyclic amines) is 1. The number of rotatable bonds is 2. The van der Waals surface area contributed by atoms with Crippen LogP contribution in [0.5, 0.6) is 0 Å². The molecule has 26 heavy (non-hydrogen) atoms.